The molecule has 0 aromatic rings. The van der Waals surface area contributed by atoms with E-state index in [4.69, 9.17) is 9.47 Å². The van der Waals surface area contributed by atoms with Crippen LogP contribution in [-0.4, -0.2) is 61.4 Å². The Kier molecular flexibility index (Phi) is 12.1. The van der Waals surface area contributed by atoms with Crippen LogP contribution in [0.1, 0.15) is 129 Å². The number of nitrogens with zero attached hydrogens (tertiary/aromatic N) is 1. The number of carbonyl (C=O) groups excluding carboxylic acids is 2. The largest absolute Gasteiger partial charge is 0.466 e. The van der Waals surface area contributed by atoms with Crippen molar-refractivity contribution in [3.8, 4) is 0 Å². The number of unbranched alkanes of at least 4 members (excludes halogenated alkanes) is 14. The third-order valence-electron chi connectivity index (χ3n) is 12.3. The van der Waals surface area contributed by atoms with E-state index in [1.54, 1.807) is 0 Å². The summed E-state index contributed by atoms with van der Waals surface area (Å²) in [5, 5.41) is 9.46. The van der Waals surface area contributed by atoms with Crippen LogP contribution in [0.3, 0.4) is 0 Å². The van der Waals surface area contributed by atoms with E-state index in [2.05, 4.69) is 11.8 Å². The summed E-state index contributed by atoms with van der Waals surface area (Å²) in [5.74, 6) is 7.23. The fourth-order valence-electron chi connectivity index (χ4n) is 10.3. The Bertz CT molecular complexity index is 809. The molecule has 240 valence electrons. The van der Waals surface area contributed by atoms with Crippen molar-refractivity contribution in [2.75, 3.05) is 39.5 Å². The zero-order chi connectivity index (χ0) is 29.4. The number of aliphatic hydroxyl groups is 1. The second-order valence-corrected chi connectivity index (χ2v) is 14.6. The molecule has 0 aliphatic heterocycles. The summed E-state index contributed by atoms with van der Waals surface area (Å²) in [7, 11) is 0. The third-order valence-corrected chi connectivity index (χ3v) is 12.3. The number of aliphatic hydroxyl groups excluding tert-OH is 1. The summed E-state index contributed by atoms with van der Waals surface area (Å²) in [6.45, 7) is 6.63. The summed E-state index contributed by atoms with van der Waals surface area (Å²) in [6, 6.07) is 0. The van der Waals surface area contributed by atoms with Gasteiger partial charge in [0.1, 0.15) is 0 Å². The number of carbonyl (C=O) groups is 2. The quantitative estimate of drug-likeness (QED) is 0.0773. The van der Waals surface area contributed by atoms with E-state index in [0.717, 1.165) is 119 Å². The number of hydrogen-bond donors (Lipinski definition) is 1. The van der Waals surface area contributed by atoms with Gasteiger partial charge in [0.05, 0.1) is 19.8 Å². The molecular formula is C36H61NO5. The summed E-state index contributed by atoms with van der Waals surface area (Å²) in [6.07, 6.45) is 20.9. The van der Waals surface area contributed by atoms with Gasteiger partial charge in [-0.1, -0.05) is 84.0 Å². The molecule has 6 aliphatic carbocycles. The molecule has 6 aliphatic rings. The lowest BCUT2D eigenvalue weighted by atomic mass is 8.97. The van der Waals surface area contributed by atoms with Crippen LogP contribution in [0.15, 0.2) is 0 Å². The molecule has 0 atom stereocenters. The average Bonchev–Trinajstić information content (AvgIpc) is 3.00. The molecule has 6 nitrogen and oxygen atoms in total. The van der Waals surface area contributed by atoms with Crippen molar-refractivity contribution in [3.05, 3.63) is 0 Å². The molecule has 6 rings (SSSR count). The number of esters is 2. The van der Waals surface area contributed by atoms with E-state index >= 15 is 0 Å². The predicted molar refractivity (Wildman–Crippen MR) is 166 cm³/mol. The van der Waals surface area contributed by atoms with E-state index < -0.39 is 0 Å². The van der Waals surface area contributed by atoms with Gasteiger partial charge in [-0.3, -0.25) is 9.59 Å². The molecule has 0 amide bonds. The van der Waals surface area contributed by atoms with Crippen molar-refractivity contribution in [2.45, 2.75) is 129 Å². The van der Waals surface area contributed by atoms with Crippen molar-refractivity contribution in [2.24, 2.45) is 46.8 Å². The number of rotatable bonds is 28. The van der Waals surface area contributed by atoms with Crippen molar-refractivity contribution in [1.82, 2.24) is 4.90 Å². The molecule has 0 saturated heterocycles. The molecule has 6 fully saturated rings. The first-order valence-corrected chi connectivity index (χ1v) is 18.3. The maximum Gasteiger partial charge on any atom is 0.305 e. The highest BCUT2D eigenvalue weighted by Crippen LogP contribution is 3.05. The lowest BCUT2D eigenvalue weighted by Gasteiger charge is -3.07. The molecule has 6 saturated carbocycles. The molecule has 0 aromatic heterocycles. The van der Waals surface area contributed by atoms with Crippen molar-refractivity contribution in [1.29, 1.82) is 0 Å². The van der Waals surface area contributed by atoms with E-state index in [0.29, 0.717) is 24.9 Å². The maximum absolute atomic E-state index is 12.3. The molecule has 0 radical (unpaired) electrons. The van der Waals surface area contributed by atoms with E-state index in [9.17, 15) is 14.7 Å². The van der Waals surface area contributed by atoms with Crippen LogP contribution < -0.4 is 0 Å². The molecular weight excluding hydrogens is 526 g/mol. The van der Waals surface area contributed by atoms with E-state index in [-0.39, 0.29) is 18.5 Å². The Balaban J connectivity index is 0.764. The highest BCUT2D eigenvalue weighted by Gasteiger charge is 3.04. The first kappa shape index (κ1) is 32.3. The number of ether oxygens (including phenoxy) is 2. The second kappa shape index (κ2) is 15.7. The molecule has 0 unspecified atom stereocenters. The molecule has 6 heteroatoms. The minimum absolute atomic E-state index is 0.0293. The molecule has 0 aromatic carbocycles. The fraction of sp³-hybridized carbons (Fsp3) is 0.944. The topological polar surface area (TPSA) is 76.1 Å². The maximum atomic E-state index is 12.3. The summed E-state index contributed by atoms with van der Waals surface area (Å²) in [5.41, 5.74) is 0.493. The highest BCUT2D eigenvalue weighted by molar-refractivity contribution is 5.69. The third kappa shape index (κ3) is 6.60. The molecule has 1 N–H and O–H groups in total. The van der Waals surface area contributed by atoms with Gasteiger partial charge in [0.15, 0.2) is 0 Å². The van der Waals surface area contributed by atoms with Crippen LogP contribution in [0, 0.1) is 46.8 Å². The minimum atomic E-state index is -0.0293. The Morgan fingerprint density at radius 3 is 1.62 bits per heavy atom. The van der Waals surface area contributed by atoms with Crippen LogP contribution in [0.4, 0.5) is 0 Å². The predicted octanol–water partition coefficient (Wildman–Crippen LogP) is 7.17. The van der Waals surface area contributed by atoms with Gasteiger partial charge in [0, 0.05) is 24.8 Å². The minimum Gasteiger partial charge on any atom is -0.466 e. The van der Waals surface area contributed by atoms with Crippen LogP contribution in [-0.2, 0) is 19.1 Å². The average molecular weight is 588 g/mol. The SMILES string of the molecule is CCCCCCCCCOC(=O)CCCCCCCN(CCO)CCCCCCCC(=O)OCC12C3C4C5C3C1C5C42. The van der Waals surface area contributed by atoms with Gasteiger partial charge >= 0.3 is 11.9 Å². The van der Waals surface area contributed by atoms with Crippen LogP contribution in [0.5, 0.6) is 0 Å². The molecule has 0 heterocycles. The first-order valence-electron chi connectivity index (χ1n) is 18.3. The molecule has 0 spiro atoms. The fourth-order valence-corrected chi connectivity index (χ4v) is 10.3. The van der Waals surface area contributed by atoms with Gasteiger partial charge in [0.2, 0.25) is 0 Å². The standard InChI is InChI=1S/C36H61NO5/c1-2-3-4-5-6-13-18-25-41-27(39)19-14-9-7-11-16-21-37(23-24-38)22-17-12-8-10-15-20-28(40)42-26-36-33-30-29-31(33)35(36)32(29)34(30)36/h29-35,38H,2-26H2,1H3. The van der Waals surface area contributed by atoms with Crippen molar-refractivity contribution >= 4 is 11.9 Å². The summed E-state index contributed by atoms with van der Waals surface area (Å²) < 4.78 is 11.1. The van der Waals surface area contributed by atoms with Crippen molar-refractivity contribution in [3.63, 3.8) is 0 Å². The summed E-state index contributed by atoms with van der Waals surface area (Å²) in [4.78, 5) is 26.6. The zero-order valence-electron chi connectivity index (χ0n) is 26.7. The molecule has 0 bridgehead atoms. The lowest BCUT2D eigenvalue weighted by Crippen LogP contribution is -3.06. The second-order valence-electron chi connectivity index (χ2n) is 14.6. The van der Waals surface area contributed by atoms with Gasteiger partial charge in [-0.05, 0) is 86.6 Å². The van der Waals surface area contributed by atoms with Gasteiger partial charge in [0.25, 0.3) is 0 Å². The Labute approximate surface area is 256 Å². The van der Waals surface area contributed by atoms with Gasteiger partial charge in [-0.15, -0.1) is 0 Å². The van der Waals surface area contributed by atoms with Crippen molar-refractivity contribution < 1.29 is 24.2 Å². The van der Waals surface area contributed by atoms with Gasteiger partial charge in [-0.2, -0.15) is 0 Å². The normalized spacial score (nSPS) is 31.8. The zero-order valence-corrected chi connectivity index (χ0v) is 26.7. The lowest BCUT2D eigenvalue weighted by molar-refractivity contribution is -0.617. The number of hydrogen-bond acceptors (Lipinski definition) is 6. The van der Waals surface area contributed by atoms with Crippen LogP contribution in [0.2, 0.25) is 0 Å². The van der Waals surface area contributed by atoms with E-state index in [1.165, 1.54) is 57.8 Å². The molecule has 42 heavy (non-hydrogen) atoms. The monoisotopic (exact) mass is 587 g/mol. The van der Waals surface area contributed by atoms with Crippen LogP contribution in [0.25, 0.3) is 0 Å². The Hall–Kier alpha value is -1.14. The Morgan fingerprint density at radius 1 is 0.595 bits per heavy atom. The smallest absolute Gasteiger partial charge is 0.305 e. The summed E-state index contributed by atoms with van der Waals surface area (Å²) >= 11 is 0. The Morgan fingerprint density at radius 2 is 1.07 bits per heavy atom. The highest BCUT2D eigenvalue weighted by atomic mass is 16.5. The first-order chi connectivity index (χ1) is 20.6. The van der Waals surface area contributed by atoms with Gasteiger partial charge in [-0.25, -0.2) is 0 Å². The van der Waals surface area contributed by atoms with E-state index in [1.807, 2.05) is 0 Å². The van der Waals surface area contributed by atoms with Crippen LogP contribution >= 0.6 is 0 Å². The van der Waals surface area contributed by atoms with Gasteiger partial charge < -0.3 is 19.5 Å².